The van der Waals surface area contributed by atoms with Gasteiger partial charge in [0.25, 0.3) is 0 Å². The van der Waals surface area contributed by atoms with Crippen LogP contribution in [0.2, 0.25) is 0 Å². The van der Waals surface area contributed by atoms with Gasteiger partial charge < -0.3 is 10.0 Å². The van der Waals surface area contributed by atoms with Crippen molar-refractivity contribution in [2.75, 3.05) is 39.3 Å². The number of β-amino-alcohol motifs (C(OH)–C–C–N with tert-alkyl or cyclic N) is 1. The number of aromatic nitrogens is 3. The number of benzene rings is 1. The largest absolute Gasteiger partial charge is 0.395 e. The predicted octanol–water partition coefficient (Wildman–Crippen LogP) is -0.0739. The van der Waals surface area contributed by atoms with Crippen LogP contribution in [-0.2, 0) is 14.8 Å². The summed E-state index contributed by atoms with van der Waals surface area (Å²) in [7, 11) is -3.76. The molecule has 1 atom stereocenters. The fourth-order valence-corrected chi connectivity index (χ4v) is 4.10. The summed E-state index contributed by atoms with van der Waals surface area (Å²) in [5.41, 5.74) is 1.23. The van der Waals surface area contributed by atoms with Crippen molar-refractivity contribution in [3.63, 3.8) is 0 Å². The third kappa shape index (κ3) is 5.04. The Bertz CT molecular complexity index is 965. The molecule has 1 amide bonds. The lowest BCUT2D eigenvalue weighted by Gasteiger charge is -2.36. The molecule has 10 nitrogen and oxygen atoms in total. The van der Waals surface area contributed by atoms with Crippen molar-refractivity contribution in [2.45, 2.75) is 24.8 Å². The fourth-order valence-electron chi connectivity index (χ4n) is 3.58. The van der Waals surface area contributed by atoms with Crippen LogP contribution in [-0.4, -0.2) is 83.6 Å². The van der Waals surface area contributed by atoms with E-state index in [-0.39, 0.29) is 23.3 Å². The average Bonchev–Trinajstić information content (AvgIpc) is 3.17. The Morgan fingerprint density at radius 1 is 1.17 bits per heavy atom. The first-order valence-corrected chi connectivity index (χ1v) is 11.4. The van der Waals surface area contributed by atoms with E-state index in [2.05, 4.69) is 15.2 Å². The number of sulfonamides is 1. The molecule has 3 rings (SSSR count). The van der Waals surface area contributed by atoms with E-state index >= 15 is 0 Å². The maximum Gasteiger partial charge on any atom is 0.247 e. The minimum atomic E-state index is -3.76. The predicted molar refractivity (Wildman–Crippen MR) is 111 cm³/mol. The molecular formula is C19H28N6O4S. The van der Waals surface area contributed by atoms with Gasteiger partial charge in [-0.05, 0) is 18.1 Å². The lowest BCUT2D eigenvalue weighted by molar-refractivity contribution is -0.138. The molecule has 1 fully saturated rings. The zero-order valence-corrected chi connectivity index (χ0v) is 18.0. The van der Waals surface area contributed by atoms with E-state index < -0.39 is 16.1 Å². The Labute approximate surface area is 176 Å². The number of carbonyl (C=O) groups excluding carboxylic acids is 1. The summed E-state index contributed by atoms with van der Waals surface area (Å²) >= 11 is 0. The Kier molecular flexibility index (Phi) is 6.86. The highest BCUT2D eigenvalue weighted by Crippen LogP contribution is 2.24. The fraction of sp³-hybridized carbons (Fsp3) is 0.526. The molecule has 1 saturated heterocycles. The minimum Gasteiger partial charge on any atom is -0.395 e. The highest BCUT2D eigenvalue weighted by Gasteiger charge is 2.31. The van der Waals surface area contributed by atoms with Crippen LogP contribution in [0.4, 0.5) is 0 Å². The van der Waals surface area contributed by atoms with Crippen molar-refractivity contribution >= 4 is 15.9 Å². The molecule has 0 bridgehead atoms. The molecular weight excluding hydrogens is 408 g/mol. The molecule has 2 aromatic rings. The molecule has 2 heterocycles. The topological polar surface area (TPSA) is 135 Å². The van der Waals surface area contributed by atoms with Crippen LogP contribution < -0.4 is 5.14 Å². The van der Waals surface area contributed by atoms with E-state index in [1.807, 2.05) is 18.7 Å². The summed E-state index contributed by atoms with van der Waals surface area (Å²) in [6.45, 7) is 7.35. The Hall–Kier alpha value is -2.34. The summed E-state index contributed by atoms with van der Waals surface area (Å²) in [6.07, 6.45) is 1.70. The number of hydrogen-bond donors (Lipinski definition) is 2. The van der Waals surface area contributed by atoms with Crippen LogP contribution in [0.25, 0.3) is 11.3 Å². The van der Waals surface area contributed by atoms with Crippen molar-refractivity contribution in [3.05, 3.63) is 30.5 Å². The van der Waals surface area contributed by atoms with Gasteiger partial charge >= 0.3 is 0 Å². The van der Waals surface area contributed by atoms with Gasteiger partial charge in [-0.3, -0.25) is 9.69 Å². The smallest absolute Gasteiger partial charge is 0.247 e. The lowest BCUT2D eigenvalue weighted by Crippen LogP contribution is -2.51. The SMILES string of the molecule is CC(C)[C@@H](C(=O)N1CCN(CCO)CC1)n1cc(-c2ccc(S(N)(=O)=O)cc2)nn1. The summed E-state index contributed by atoms with van der Waals surface area (Å²) in [4.78, 5) is 17.2. The minimum absolute atomic E-state index is 0.00493. The summed E-state index contributed by atoms with van der Waals surface area (Å²) in [5.74, 6) is 0.00181. The Morgan fingerprint density at radius 3 is 2.33 bits per heavy atom. The van der Waals surface area contributed by atoms with Crippen LogP contribution in [0.1, 0.15) is 19.9 Å². The van der Waals surface area contributed by atoms with Gasteiger partial charge in [-0.15, -0.1) is 5.10 Å². The number of rotatable bonds is 7. The summed E-state index contributed by atoms with van der Waals surface area (Å²) < 4.78 is 24.4. The van der Waals surface area contributed by atoms with Gasteiger partial charge in [0.15, 0.2) is 0 Å². The van der Waals surface area contributed by atoms with Crippen LogP contribution >= 0.6 is 0 Å². The van der Waals surface area contributed by atoms with Gasteiger partial charge in [-0.2, -0.15) is 0 Å². The molecule has 164 valence electrons. The molecule has 1 aliphatic heterocycles. The van der Waals surface area contributed by atoms with Gasteiger partial charge in [0.2, 0.25) is 15.9 Å². The molecule has 11 heteroatoms. The van der Waals surface area contributed by atoms with Gasteiger partial charge in [-0.25, -0.2) is 18.2 Å². The molecule has 1 aromatic carbocycles. The average molecular weight is 437 g/mol. The van der Waals surface area contributed by atoms with Crippen LogP contribution in [0.3, 0.4) is 0 Å². The zero-order valence-electron chi connectivity index (χ0n) is 17.2. The first-order chi connectivity index (χ1) is 14.2. The van der Waals surface area contributed by atoms with Crippen LogP contribution in [0.15, 0.2) is 35.4 Å². The second-order valence-electron chi connectivity index (χ2n) is 7.73. The first-order valence-electron chi connectivity index (χ1n) is 9.88. The van der Waals surface area contributed by atoms with Crippen molar-refractivity contribution in [1.82, 2.24) is 24.8 Å². The number of amides is 1. The number of hydrogen-bond acceptors (Lipinski definition) is 7. The quantitative estimate of drug-likeness (QED) is 0.620. The van der Waals surface area contributed by atoms with E-state index in [9.17, 15) is 13.2 Å². The molecule has 0 radical (unpaired) electrons. The number of aliphatic hydroxyl groups excluding tert-OH is 1. The Balaban J connectivity index is 1.76. The third-order valence-corrected chi connectivity index (χ3v) is 6.19. The Morgan fingerprint density at radius 2 is 1.80 bits per heavy atom. The number of aliphatic hydroxyl groups is 1. The normalized spacial score (nSPS) is 16.8. The second-order valence-corrected chi connectivity index (χ2v) is 9.29. The second kappa shape index (κ2) is 9.21. The van der Waals surface area contributed by atoms with Crippen molar-refractivity contribution in [2.24, 2.45) is 11.1 Å². The van der Waals surface area contributed by atoms with Crippen LogP contribution in [0, 0.1) is 5.92 Å². The standard InChI is InChI=1S/C19H28N6O4S/c1-14(2)18(19(27)24-9-7-23(8-10-24)11-12-26)25-13-17(21-22-25)15-3-5-16(6-4-15)30(20,28)29/h3-6,13-14,18,26H,7-12H2,1-2H3,(H2,20,28,29)/t18-/m0/s1. The third-order valence-electron chi connectivity index (χ3n) is 5.26. The molecule has 30 heavy (non-hydrogen) atoms. The molecule has 0 unspecified atom stereocenters. The van der Waals surface area contributed by atoms with E-state index in [0.29, 0.717) is 30.9 Å². The number of nitrogens with zero attached hydrogens (tertiary/aromatic N) is 5. The van der Waals surface area contributed by atoms with E-state index in [1.54, 1.807) is 23.0 Å². The zero-order chi connectivity index (χ0) is 21.9. The summed E-state index contributed by atoms with van der Waals surface area (Å²) in [5, 5.41) is 22.6. The van der Waals surface area contributed by atoms with Crippen molar-refractivity contribution in [3.8, 4) is 11.3 Å². The molecule has 3 N–H and O–H groups in total. The van der Waals surface area contributed by atoms with E-state index in [1.165, 1.54) is 12.1 Å². The molecule has 1 aliphatic rings. The van der Waals surface area contributed by atoms with Gasteiger partial charge in [0.1, 0.15) is 11.7 Å². The van der Waals surface area contributed by atoms with E-state index in [0.717, 1.165) is 13.1 Å². The summed E-state index contributed by atoms with van der Waals surface area (Å²) in [6, 6.07) is 5.57. The lowest BCUT2D eigenvalue weighted by atomic mass is 10.0. The highest BCUT2D eigenvalue weighted by molar-refractivity contribution is 7.89. The van der Waals surface area contributed by atoms with Crippen LogP contribution in [0.5, 0.6) is 0 Å². The van der Waals surface area contributed by atoms with Gasteiger partial charge in [0.05, 0.1) is 17.7 Å². The first kappa shape index (κ1) is 22.3. The number of carbonyl (C=O) groups is 1. The van der Waals surface area contributed by atoms with Gasteiger partial charge in [-0.1, -0.05) is 31.2 Å². The maximum atomic E-state index is 13.2. The molecule has 0 spiro atoms. The van der Waals surface area contributed by atoms with E-state index in [4.69, 9.17) is 10.2 Å². The highest BCUT2D eigenvalue weighted by atomic mass is 32.2. The molecule has 0 aliphatic carbocycles. The van der Waals surface area contributed by atoms with Crippen molar-refractivity contribution < 1.29 is 18.3 Å². The van der Waals surface area contributed by atoms with Crippen molar-refractivity contribution in [1.29, 1.82) is 0 Å². The number of piperazine rings is 1. The molecule has 0 saturated carbocycles. The number of primary sulfonamides is 1. The molecule has 1 aromatic heterocycles. The monoisotopic (exact) mass is 436 g/mol. The number of nitrogens with two attached hydrogens (primary N) is 1. The maximum absolute atomic E-state index is 13.2. The van der Waals surface area contributed by atoms with Gasteiger partial charge in [0, 0.05) is 38.3 Å².